The Hall–Kier alpha value is -0.530. The smallest absolute Gasteiger partial charge is 0.0853 e. The molecule has 0 unspecified atom stereocenters. The van der Waals surface area contributed by atoms with Crippen LogP contribution in [0.4, 0.5) is 0 Å². The third-order valence-electron chi connectivity index (χ3n) is 1.69. The van der Waals surface area contributed by atoms with Crippen LogP contribution >= 0.6 is 0 Å². The molecule has 0 saturated heterocycles. The maximum atomic E-state index is 4.12. The first-order valence-electron chi connectivity index (χ1n) is 2.86. The molecule has 1 rings (SSSR count). The molecule has 2 nitrogen and oxygen atoms in total. The van der Waals surface area contributed by atoms with Gasteiger partial charge in [0.25, 0.3) is 0 Å². The minimum atomic E-state index is 0.264. The van der Waals surface area contributed by atoms with Gasteiger partial charge >= 0.3 is 0 Å². The summed E-state index contributed by atoms with van der Waals surface area (Å²) < 4.78 is 0. The standard InChI is InChI=1S/C6H12N2/c1-6(2)4-7-5-8(6)3/h5H,4H2,1-3H3. The van der Waals surface area contributed by atoms with Crippen molar-refractivity contribution in [3.8, 4) is 0 Å². The van der Waals surface area contributed by atoms with E-state index >= 15 is 0 Å². The van der Waals surface area contributed by atoms with Crippen LogP contribution < -0.4 is 0 Å². The summed E-state index contributed by atoms with van der Waals surface area (Å²) in [5, 5.41) is 0. The van der Waals surface area contributed by atoms with Crippen molar-refractivity contribution in [3.05, 3.63) is 0 Å². The van der Waals surface area contributed by atoms with Crippen LogP contribution in [0, 0.1) is 0 Å². The van der Waals surface area contributed by atoms with Gasteiger partial charge in [-0.05, 0) is 13.8 Å². The summed E-state index contributed by atoms with van der Waals surface area (Å²) in [6.45, 7) is 5.30. The molecule has 0 atom stereocenters. The van der Waals surface area contributed by atoms with E-state index in [0.717, 1.165) is 6.54 Å². The lowest BCUT2D eigenvalue weighted by Gasteiger charge is -2.26. The monoisotopic (exact) mass is 112 g/mol. The van der Waals surface area contributed by atoms with E-state index in [1.807, 2.05) is 6.34 Å². The van der Waals surface area contributed by atoms with Gasteiger partial charge in [0.05, 0.1) is 18.4 Å². The molecule has 0 aromatic rings. The molecule has 0 aliphatic carbocycles. The fourth-order valence-electron chi connectivity index (χ4n) is 0.655. The molecule has 0 saturated carbocycles. The molecule has 0 amide bonds. The molecule has 1 aliphatic heterocycles. The van der Waals surface area contributed by atoms with Crippen LogP contribution in [0.2, 0.25) is 0 Å². The largest absolute Gasteiger partial charge is 0.359 e. The molecule has 8 heavy (non-hydrogen) atoms. The van der Waals surface area contributed by atoms with Gasteiger partial charge in [-0.2, -0.15) is 0 Å². The molecule has 1 aliphatic rings. The Labute approximate surface area is 50.2 Å². The highest BCUT2D eigenvalue weighted by molar-refractivity contribution is 5.58. The summed E-state index contributed by atoms with van der Waals surface area (Å²) >= 11 is 0. The number of aliphatic imine (C=N–C) groups is 1. The molecule has 0 bridgehead atoms. The van der Waals surface area contributed by atoms with Crippen molar-refractivity contribution < 1.29 is 0 Å². The lowest BCUT2D eigenvalue weighted by Crippen LogP contribution is -2.37. The van der Waals surface area contributed by atoms with Crippen LogP contribution in [-0.4, -0.2) is 30.4 Å². The third kappa shape index (κ3) is 0.703. The van der Waals surface area contributed by atoms with E-state index in [4.69, 9.17) is 0 Å². The van der Waals surface area contributed by atoms with Crippen LogP contribution in [0.15, 0.2) is 4.99 Å². The predicted octanol–water partition coefficient (Wildman–Crippen LogP) is 0.739. The normalized spacial score (nSPS) is 24.6. The predicted molar refractivity (Wildman–Crippen MR) is 35.2 cm³/mol. The van der Waals surface area contributed by atoms with E-state index in [2.05, 4.69) is 30.8 Å². The molecular weight excluding hydrogens is 100 g/mol. The van der Waals surface area contributed by atoms with Gasteiger partial charge in [0, 0.05) is 7.05 Å². The Bertz CT molecular complexity index is 116. The van der Waals surface area contributed by atoms with Crippen molar-refractivity contribution in [2.75, 3.05) is 13.6 Å². The Morgan fingerprint density at radius 2 is 2.25 bits per heavy atom. The molecule has 0 radical (unpaired) electrons. The highest BCUT2D eigenvalue weighted by Crippen LogP contribution is 2.14. The molecular formula is C6H12N2. The van der Waals surface area contributed by atoms with Gasteiger partial charge in [0.15, 0.2) is 0 Å². The summed E-state index contributed by atoms with van der Waals surface area (Å²) in [7, 11) is 2.05. The van der Waals surface area contributed by atoms with Crippen molar-refractivity contribution in [2.24, 2.45) is 4.99 Å². The number of hydrogen-bond acceptors (Lipinski definition) is 2. The van der Waals surface area contributed by atoms with Gasteiger partial charge in [-0.15, -0.1) is 0 Å². The van der Waals surface area contributed by atoms with E-state index in [0.29, 0.717) is 0 Å². The second-order valence-electron chi connectivity index (χ2n) is 2.88. The van der Waals surface area contributed by atoms with E-state index in [9.17, 15) is 0 Å². The van der Waals surface area contributed by atoms with Crippen LogP contribution in [0.3, 0.4) is 0 Å². The van der Waals surface area contributed by atoms with Crippen LogP contribution in [0.25, 0.3) is 0 Å². The lowest BCUT2D eigenvalue weighted by molar-refractivity contribution is 0.298. The molecule has 0 fully saturated rings. The second kappa shape index (κ2) is 1.47. The van der Waals surface area contributed by atoms with Crippen molar-refractivity contribution in [1.29, 1.82) is 0 Å². The average molecular weight is 112 g/mol. The Balaban J connectivity index is 2.64. The highest BCUT2D eigenvalue weighted by atomic mass is 15.2. The van der Waals surface area contributed by atoms with Crippen molar-refractivity contribution in [3.63, 3.8) is 0 Å². The Morgan fingerprint density at radius 1 is 1.62 bits per heavy atom. The van der Waals surface area contributed by atoms with Gasteiger partial charge in [-0.1, -0.05) is 0 Å². The summed E-state index contributed by atoms with van der Waals surface area (Å²) in [6, 6.07) is 0. The first kappa shape index (κ1) is 5.60. The maximum absolute atomic E-state index is 4.12. The summed E-state index contributed by atoms with van der Waals surface area (Å²) in [4.78, 5) is 6.25. The highest BCUT2D eigenvalue weighted by Gasteiger charge is 2.24. The van der Waals surface area contributed by atoms with E-state index in [-0.39, 0.29) is 5.54 Å². The molecule has 46 valence electrons. The van der Waals surface area contributed by atoms with Gasteiger partial charge < -0.3 is 4.90 Å². The molecule has 0 aromatic carbocycles. The minimum Gasteiger partial charge on any atom is -0.359 e. The van der Waals surface area contributed by atoms with Crippen LogP contribution in [-0.2, 0) is 0 Å². The van der Waals surface area contributed by atoms with E-state index in [1.165, 1.54) is 0 Å². The quantitative estimate of drug-likeness (QED) is 0.451. The third-order valence-corrected chi connectivity index (χ3v) is 1.69. The number of hydrogen-bond donors (Lipinski definition) is 0. The zero-order chi connectivity index (χ0) is 6.20. The molecule has 2 heteroatoms. The summed E-state index contributed by atoms with van der Waals surface area (Å²) in [6.07, 6.45) is 1.89. The Kier molecular flexibility index (Phi) is 1.03. The first-order chi connectivity index (χ1) is 3.63. The number of likely N-dealkylation sites (N-methyl/N-ethyl adjacent to an activating group) is 1. The van der Waals surface area contributed by atoms with Crippen molar-refractivity contribution >= 4 is 6.34 Å². The summed E-state index contributed by atoms with van der Waals surface area (Å²) in [5.74, 6) is 0. The van der Waals surface area contributed by atoms with Crippen molar-refractivity contribution in [2.45, 2.75) is 19.4 Å². The SMILES string of the molecule is CN1C=NCC1(C)C. The number of rotatable bonds is 0. The molecule has 0 N–H and O–H groups in total. The van der Waals surface area contributed by atoms with Gasteiger partial charge in [0.2, 0.25) is 0 Å². The first-order valence-corrected chi connectivity index (χ1v) is 2.86. The summed E-state index contributed by atoms with van der Waals surface area (Å²) in [5.41, 5.74) is 0.264. The van der Waals surface area contributed by atoms with Crippen molar-refractivity contribution in [1.82, 2.24) is 4.90 Å². The van der Waals surface area contributed by atoms with Gasteiger partial charge in [-0.3, -0.25) is 4.99 Å². The zero-order valence-electron chi connectivity index (χ0n) is 5.68. The fourth-order valence-corrected chi connectivity index (χ4v) is 0.655. The van der Waals surface area contributed by atoms with Crippen LogP contribution in [0.1, 0.15) is 13.8 Å². The van der Waals surface area contributed by atoms with Crippen LogP contribution in [0.5, 0.6) is 0 Å². The lowest BCUT2D eigenvalue weighted by atomic mass is 10.1. The minimum absolute atomic E-state index is 0.264. The van der Waals surface area contributed by atoms with E-state index in [1.54, 1.807) is 0 Å². The van der Waals surface area contributed by atoms with Gasteiger partial charge in [0.1, 0.15) is 0 Å². The fraction of sp³-hybridized carbons (Fsp3) is 0.833. The second-order valence-corrected chi connectivity index (χ2v) is 2.88. The Morgan fingerprint density at radius 3 is 2.38 bits per heavy atom. The molecule has 1 heterocycles. The number of nitrogens with zero attached hydrogens (tertiary/aromatic N) is 2. The van der Waals surface area contributed by atoms with Gasteiger partial charge in [-0.25, -0.2) is 0 Å². The molecule has 0 aromatic heterocycles. The zero-order valence-corrected chi connectivity index (χ0v) is 5.68. The maximum Gasteiger partial charge on any atom is 0.0853 e. The molecule has 0 spiro atoms. The average Bonchev–Trinajstić information content (AvgIpc) is 1.86. The van der Waals surface area contributed by atoms with E-state index < -0.39 is 0 Å². The topological polar surface area (TPSA) is 15.6 Å².